The van der Waals surface area contributed by atoms with Crippen LogP contribution in [0.15, 0.2) is 30.3 Å². The van der Waals surface area contributed by atoms with Crippen molar-refractivity contribution in [2.75, 3.05) is 30.0 Å². The summed E-state index contributed by atoms with van der Waals surface area (Å²) in [6, 6.07) is 9.41. The largest absolute Gasteiger partial charge is 0.377 e. The molecule has 2 fully saturated rings. The minimum atomic E-state index is -2.74. The van der Waals surface area contributed by atoms with Gasteiger partial charge in [0.25, 0.3) is 6.43 Å². The van der Waals surface area contributed by atoms with Gasteiger partial charge in [-0.1, -0.05) is 12.1 Å². The number of nitrogens with two attached hydrogens (primary N) is 1. The van der Waals surface area contributed by atoms with Crippen molar-refractivity contribution in [1.82, 2.24) is 19.5 Å². The molecular weight excluding hydrogens is 428 g/mol. The molecule has 0 bridgehead atoms. The Balaban J connectivity index is 1.60. The molecule has 0 unspecified atom stereocenters. The monoisotopic (exact) mass is 457 g/mol. The first-order valence-electron chi connectivity index (χ1n) is 11.5. The highest BCUT2D eigenvalue weighted by atomic mass is 19.3. The van der Waals surface area contributed by atoms with E-state index < -0.39 is 6.43 Å². The number of morpholine rings is 1. The van der Waals surface area contributed by atoms with Crippen LogP contribution in [0, 0.1) is 0 Å². The molecule has 3 aromatic rings. The second-order valence-electron chi connectivity index (χ2n) is 8.88. The zero-order valence-electron chi connectivity index (χ0n) is 18.6. The Morgan fingerprint density at radius 1 is 1.09 bits per heavy atom. The van der Waals surface area contributed by atoms with E-state index in [2.05, 4.69) is 27.1 Å². The molecule has 1 saturated carbocycles. The fourth-order valence-electron chi connectivity index (χ4n) is 4.69. The molecule has 0 spiro atoms. The third kappa shape index (κ3) is 4.49. The van der Waals surface area contributed by atoms with E-state index >= 15 is 0 Å². The summed E-state index contributed by atoms with van der Waals surface area (Å²) in [4.78, 5) is 15.8. The van der Waals surface area contributed by atoms with Gasteiger partial charge in [0.05, 0.1) is 30.3 Å². The van der Waals surface area contributed by atoms with E-state index in [0.29, 0.717) is 48.4 Å². The molecule has 176 valence electrons. The van der Waals surface area contributed by atoms with Crippen molar-refractivity contribution in [1.29, 1.82) is 0 Å². The summed E-state index contributed by atoms with van der Waals surface area (Å²) in [5.74, 6) is 1.16. The van der Waals surface area contributed by atoms with Crippen LogP contribution in [0.5, 0.6) is 0 Å². The molecule has 1 aliphatic carbocycles. The fourth-order valence-corrected chi connectivity index (χ4v) is 4.69. The Bertz CT molecular complexity index is 1110. The zero-order chi connectivity index (χ0) is 22.9. The van der Waals surface area contributed by atoms with Crippen LogP contribution >= 0.6 is 0 Å². The number of hydrogen-bond acceptors (Lipinski definition) is 7. The van der Waals surface area contributed by atoms with Gasteiger partial charge in [-0.25, -0.2) is 13.8 Å². The van der Waals surface area contributed by atoms with E-state index in [1.54, 1.807) is 24.3 Å². The summed E-state index contributed by atoms with van der Waals surface area (Å²) in [5, 5.41) is 3.44. The molecule has 2 aliphatic rings. The Hall–Kier alpha value is -2.85. The fraction of sp³-hybridized carbons (Fsp3) is 0.522. The lowest BCUT2D eigenvalue weighted by Gasteiger charge is -2.35. The Labute approximate surface area is 191 Å². The summed E-state index contributed by atoms with van der Waals surface area (Å²) in [7, 11) is 0. The number of fused-ring (bicyclic) bond motifs is 1. The normalized spacial score (nSPS) is 23.9. The Morgan fingerprint density at radius 3 is 2.61 bits per heavy atom. The third-order valence-electron chi connectivity index (χ3n) is 6.48. The van der Waals surface area contributed by atoms with Gasteiger partial charge < -0.3 is 20.7 Å². The Kier molecular flexibility index (Phi) is 6.11. The molecule has 5 rings (SSSR count). The van der Waals surface area contributed by atoms with Gasteiger partial charge in [0.15, 0.2) is 5.82 Å². The quantitative estimate of drug-likeness (QED) is 0.604. The highest BCUT2D eigenvalue weighted by Gasteiger charge is 2.26. The molecule has 1 saturated heterocycles. The predicted molar refractivity (Wildman–Crippen MR) is 123 cm³/mol. The molecule has 10 heteroatoms. The molecule has 0 radical (unpaired) electrons. The zero-order valence-corrected chi connectivity index (χ0v) is 18.6. The second kappa shape index (κ2) is 9.18. The van der Waals surface area contributed by atoms with E-state index in [1.807, 2.05) is 6.07 Å². The summed E-state index contributed by atoms with van der Waals surface area (Å²) in [6.07, 6.45) is 0.982. The van der Waals surface area contributed by atoms with Gasteiger partial charge in [0, 0.05) is 24.7 Å². The minimum Gasteiger partial charge on any atom is -0.377 e. The molecule has 2 aromatic heterocycles. The van der Waals surface area contributed by atoms with E-state index in [-0.39, 0.29) is 23.9 Å². The number of rotatable bonds is 5. The number of halogens is 2. The number of hydrogen-bond donors (Lipinski definition) is 2. The van der Waals surface area contributed by atoms with Gasteiger partial charge in [-0.05, 0) is 44.7 Å². The SMILES string of the molecule is C[C@@H]1COCCN1c1cc(-n2c(C(F)F)nc3ccccc32)nc(N[C@H]2CC[C@H](N)CC2)n1. The maximum Gasteiger partial charge on any atom is 0.296 e. The molecule has 0 amide bonds. The summed E-state index contributed by atoms with van der Waals surface area (Å²) < 4.78 is 35.0. The van der Waals surface area contributed by atoms with Crippen molar-refractivity contribution >= 4 is 22.8 Å². The van der Waals surface area contributed by atoms with E-state index in [1.165, 1.54) is 4.57 Å². The number of anilines is 2. The van der Waals surface area contributed by atoms with Gasteiger partial charge in [0.2, 0.25) is 5.95 Å². The number of nitrogens with zero attached hydrogens (tertiary/aromatic N) is 5. The number of nitrogens with one attached hydrogen (secondary N) is 1. The van der Waals surface area contributed by atoms with Crippen molar-refractivity contribution in [2.24, 2.45) is 5.73 Å². The molecule has 3 N–H and O–H groups in total. The van der Waals surface area contributed by atoms with Gasteiger partial charge in [-0.2, -0.15) is 9.97 Å². The molecule has 1 aromatic carbocycles. The van der Waals surface area contributed by atoms with E-state index in [0.717, 1.165) is 25.7 Å². The van der Waals surface area contributed by atoms with Crippen LogP contribution in [0.2, 0.25) is 0 Å². The second-order valence-corrected chi connectivity index (χ2v) is 8.88. The maximum absolute atomic E-state index is 14.0. The number of ether oxygens (including phenoxy) is 1. The van der Waals surface area contributed by atoms with Crippen LogP contribution in [0.1, 0.15) is 44.9 Å². The first kappa shape index (κ1) is 22.0. The van der Waals surface area contributed by atoms with Crippen molar-refractivity contribution in [3.63, 3.8) is 0 Å². The van der Waals surface area contributed by atoms with Crippen LogP contribution in [-0.2, 0) is 4.74 Å². The molecule has 8 nitrogen and oxygen atoms in total. The topological polar surface area (TPSA) is 94.1 Å². The first-order chi connectivity index (χ1) is 16.0. The van der Waals surface area contributed by atoms with Crippen LogP contribution < -0.4 is 16.0 Å². The minimum absolute atomic E-state index is 0.108. The van der Waals surface area contributed by atoms with Crippen molar-refractivity contribution in [3.05, 3.63) is 36.2 Å². The highest BCUT2D eigenvalue weighted by Crippen LogP contribution is 2.30. The standard InChI is InChI=1S/C23H29F2N7O/c1-14-13-33-11-10-31(14)19-12-20(30-23(29-19)27-16-8-6-15(26)7-9-16)32-18-5-3-2-4-17(18)28-22(32)21(24)25/h2-5,12,14-16,21H,6-11,13,26H2,1H3,(H,27,29,30)/t14-,15-,16-/m1/s1. The lowest BCUT2D eigenvalue weighted by Crippen LogP contribution is -2.44. The smallest absolute Gasteiger partial charge is 0.296 e. The molecule has 33 heavy (non-hydrogen) atoms. The average molecular weight is 458 g/mol. The number of aromatic nitrogens is 4. The number of para-hydroxylation sites is 2. The third-order valence-corrected chi connectivity index (χ3v) is 6.48. The molecule has 1 atom stereocenters. The van der Waals surface area contributed by atoms with Crippen molar-refractivity contribution < 1.29 is 13.5 Å². The van der Waals surface area contributed by atoms with Gasteiger partial charge >= 0.3 is 0 Å². The van der Waals surface area contributed by atoms with E-state index in [4.69, 9.17) is 15.5 Å². The van der Waals surface area contributed by atoms with Crippen molar-refractivity contribution in [2.45, 2.75) is 57.2 Å². The highest BCUT2D eigenvalue weighted by molar-refractivity contribution is 5.78. The molecule has 3 heterocycles. The first-order valence-corrected chi connectivity index (χ1v) is 11.5. The van der Waals surface area contributed by atoms with Crippen LogP contribution in [0.4, 0.5) is 20.5 Å². The van der Waals surface area contributed by atoms with Gasteiger partial charge in [-0.15, -0.1) is 0 Å². The number of alkyl halides is 2. The summed E-state index contributed by atoms with van der Waals surface area (Å²) in [5.41, 5.74) is 7.14. The summed E-state index contributed by atoms with van der Waals surface area (Å²) in [6.45, 7) is 3.90. The van der Waals surface area contributed by atoms with Crippen LogP contribution in [0.25, 0.3) is 16.9 Å². The maximum atomic E-state index is 14.0. The number of benzene rings is 1. The predicted octanol–water partition coefficient (Wildman–Crippen LogP) is 3.66. The van der Waals surface area contributed by atoms with Gasteiger partial charge in [0.1, 0.15) is 11.6 Å². The lowest BCUT2D eigenvalue weighted by molar-refractivity contribution is 0.0985. The number of imidazole rings is 1. The van der Waals surface area contributed by atoms with E-state index in [9.17, 15) is 8.78 Å². The Morgan fingerprint density at radius 2 is 1.85 bits per heavy atom. The van der Waals surface area contributed by atoms with Gasteiger partial charge in [-0.3, -0.25) is 4.57 Å². The molecule has 1 aliphatic heterocycles. The molecular formula is C23H29F2N7O. The lowest BCUT2D eigenvalue weighted by atomic mass is 9.92. The van der Waals surface area contributed by atoms with Crippen molar-refractivity contribution in [3.8, 4) is 5.82 Å². The van der Waals surface area contributed by atoms with Crippen LogP contribution in [-0.4, -0.2) is 57.4 Å². The van der Waals surface area contributed by atoms with Crippen LogP contribution in [0.3, 0.4) is 0 Å². The average Bonchev–Trinajstić information content (AvgIpc) is 3.21. The summed E-state index contributed by atoms with van der Waals surface area (Å²) >= 11 is 0.